The van der Waals surface area contributed by atoms with E-state index < -0.39 is 11.9 Å². The van der Waals surface area contributed by atoms with Gasteiger partial charge in [-0.3, -0.25) is 9.97 Å². The first-order valence-corrected chi connectivity index (χ1v) is 9.75. The number of carbonyl (C=O) groups is 2. The van der Waals surface area contributed by atoms with Crippen molar-refractivity contribution in [3.8, 4) is 22.8 Å². The molecule has 148 valence electrons. The minimum absolute atomic E-state index is 0.249. The number of ether oxygens (including phenoxy) is 2. The summed E-state index contributed by atoms with van der Waals surface area (Å²) in [5.74, 6) is -0.927. The summed E-state index contributed by atoms with van der Waals surface area (Å²) in [5, 5.41) is 0. The SMILES string of the molecule is CCOC(=O)c1ccnc(-c2cc(C(=O)OCC)cc(-c3ccc(Br)cn3)n2)c1. The molecule has 3 aromatic rings. The lowest BCUT2D eigenvalue weighted by atomic mass is 10.1. The van der Waals surface area contributed by atoms with Gasteiger partial charge < -0.3 is 9.47 Å². The van der Waals surface area contributed by atoms with Crippen molar-refractivity contribution >= 4 is 27.9 Å². The summed E-state index contributed by atoms with van der Waals surface area (Å²) in [6, 6.07) is 9.96. The lowest BCUT2D eigenvalue weighted by Crippen LogP contribution is -2.07. The van der Waals surface area contributed by atoms with Crippen molar-refractivity contribution in [1.29, 1.82) is 0 Å². The summed E-state index contributed by atoms with van der Waals surface area (Å²) < 4.78 is 11.0. The molecule has 0 unspecified atom stereocenters. The Kier molecular flexibility index (Phi) is 6.66. The first kappa shape index (κ1) is 20.6. The maximum absolute atomic E-state index is 12.4. The molecule has 0 aliphatic rings. The van der Waals surface area contributed by atoms with Crippen LogP contribution in [0.15, 0.2) is 53.3 Å². The van der Waals surface area contributed by atoms with Gasteiger partial charge in [-0.1, -0.05) is 0 Å². The van der Waals surface area contributed by atoms with E-state index in [0.717, 1.165) is 4.47 Å². The zero-order valence-corrected chi connectivity index (χ0v) is 17.5. The van der Waals surface area contributed by atoms with E-state index in [-0.39, 0.29) is 13.2 Å². The van der Waals surface area contributed by atoms with Crippen LogP contribution >= 0.6 is 15.9 Å². The minimum atomic E-state index is -0.476. The molecule has 0 amide bonds. The molecule has 7 nitrogen and oxygen atoms in total. The van der Waals surface area contributed by atoms with E-state index in [1.165, 1.54) is 6.20 Å². The van der Waals surface area contributed by atoms with Gasteiger partial charge in [0.05, 0.1) is 47.1 Å². The normalized spacial score (nSPS) is 10.4. The first-order chi connectivity index (χ1) is 14.0. The van der Waals surface area contributed by atoms with Crippen LogP contribution in [0.3, 0.4) is 0 Å². The Hall–Kier alpha value is -3.13. The molecular weight excluding hydrogens is 438 g/mol. The van der Waals surface area contributed by atoms with Crippen LogP contribution in [0.1, 0.15) is 34.6 Å². The Morgan fingerprint density at radius 2 is 1.45 bits per heavy atom. The van der Waals surface area contributed by atoms with Crippen LogP contribution in [0.5, 0.6) is 0 Å². The van der Waals surface area contributed by atoms with Crippen molar-refractivity contribution in [3.05, 3.63) is 64.4 Å². The van der Waals surface area contributed by atoms with Gasteiger partial charge in [0, 0.05) is 16.9 Å². The molecule has 29 heavy (non-hydrogen) atoms. The van der Waals surface area contributed by atoms with Crippen LogP contribution in [0.25, 0.3) is 22.8 Å². The molecule has 3 aromatic heterocycles. The van der Waals surface area contributed by atoms with Crippen LogP contribution in [-0.4, -0.2) is 40.1 Å². The quantitative estimate of drug-likeness (QED) is 0.510. The molecule has 0 N–H and O–H groups in total. The van der Waals surface area contributed by atoms with Gasteiger partial charge in [-0.05, 0) is 66.2 Å². The van der Waals surface area contributed by atoms with E-state index in [1.54, 1.807) is 50.4 Å². The largest absolute Gasteiger partial charge is 0.462 e. The van der Waals surface area contributed by atoms with Crippen molar-refractivity contribution in [2.45, 2.75) is 13.8 Å². The second-order valence-electron chi connectivity index (χ2n) is 5.86. The summed E-state index contributed by atoms with van der Waals surface area (Å²) in [6.45, 7) is 3.99. The summed E-state index contributed by atoms with van der Waals surface area (Å²) in [4.78, 5) is 37.6. The van der Waals surface area contributed by atoms with Crippen LogP contribution in [0.2, 0.25) is 0 Å². The van der Waals surface area contributed by atoms with Gasteiger partial charge in [-0.2, -0.15) is 0 Å². The lowest BCUT2D eigenvalue weighted by molar-refractivity contribution is 0.0516. The number of esters is 2. The fraction of sp³-hybridized carbons (Fsp3) is 0.190. The highest BCUT2D eigenvalue weighted by molar-refractivity contribution is 9.10. The number of pyridine rings is 3. The number of halogens is 1. The molecule has 0 saturated heterocycles. The van der Waals surface area contributed by atoms with Crippen molar-refractivity contribution in [2.24, 2.45) is 0 Å². The predicted octanol–water partition coefficient (Wildman–Crippen LogP) is 4.32. The zero-order chi connectivity index (χ0) is 20.8. The van der Waals surface area contributed by atoms with Crippen LogP contribution in [0, 0.1) is 0 Å². The smallest absolute Gasteiger partial charge is 0.338 e. The van der Waals surface area contributed by atoms with E-state index in [4.69, 9.17) is 9.47 Å². The third-order valence-corrected chi connectivity index (χ3v) is 4.33. The van der Waals surface area contributed by atoms with Gasteiger partial charge in [-0.25, -0.2) is 14.6 Å². The van der Waals surface area contributed by atoms with Gasteiger partial charge in [0.15, 0.2) is 0 Å². The lowest BCUT2D eigenvalue weighted by Gasteiger charge is -2.09. The Morgan fingerprint density at radius 3 is 2.07 bits per heavy atom. The van der Waals surface area contributed by atoms with Crippen LogP contribution in [-0.2, 0) is 9.47 Å². The summed E-state index contributed by atoms with van der Waals surface area (Å²) in [5.41, 5.74) is 2.59. The second kappa shape index (κ2) is 9.38. The van der Waals surface area contributed by atoms with E-state index >= 15 is 0 Å². The molecule has 0 saturated carbocycles. The Labute approximate surface area is 176 Å². The van der Waals surface area contributed by atoms with Gasteiger partial charge in [0.25, 0.3) is 0 Å². The highest BCUT2D eigenvalue weighted by atomic mass is 79.9. The number of nitrogens with zero attached hydrogens (tertiary/aromatic N) is 3. The fourth-order valence-electron chi connectivity index (χ4n) is 2.56. The topological polar surface area (TPSA) is 91.3 Å². The van der Waals surface area contributed by atoms with Crippen molar-refractivity contribution in [3.63, 3.8) is 0 Å². The monoisotopic (exact) mass is 455 g/mol. The van der Waals surface area contributed by atoms with E-state index in [2.05, 4.69) is 30.9 Å². The number of hydrogen-bond acceptors (Lipinski definition) is 7. The highest BCUT2D eigenvalue weighted by Gasteiger charge is 2.16. The van der Waals surface area contributed by atoms with Crippen molar-refractivity contribution < 1.29 is 19.1 Å². The van der Waals surface area contributed by atoms with E-state index in [0.29, 0.717) is 33.9 Å². The molecule has 0 spiro atoms. The molecular formula is C21H18BrN3O4. The standard InChI is InChI=1S/C21H18BrN3O4/c1-3-28-20(26)13-7-8-23-17(9-13)19-11-14(21(27)29-4-2)10-18(25-19)16-6-5-15(22)12-24-16/h5-12H,3-4H2,1-2H3. The van der Waals surface area contributed by atoms with Gasteiger partial charge >= 0.3 is 11.9 Å². The molecule has 0 aliphatic carbocycles. The Bertz CT molecular complexity index is 1040. The van der Waals surface area contributed by atoms with Gasteiger partial charge in [-0.15, -0.1) is 0 Å². The predicted molar refractivity (Wildman–Crippen MR) is 110 cm³/mol. The molecule has 0 fully saturated rings. The summed E-state index contributed by atoms with van der Waals surface area (Å²) in [6.07, 6.45) is 3.14. The molecule has 0 atom stereocenters. The van der Waals surface area contributed by atoms with E-state index in [9.17, 15) is 9.59 Å². The molecule has 0 aliphatic heterocycles. The highest BCUT2D eigenvalue weighted by Crippen LogP contribution is 2.24. The van der Waals surface area contributed by atoms with Crippen LogP contribution < -0.4 is 0 Å². The first-order valence-electron chi connectivity index (χ1n) is 8.96. The maximum Gasteiger partial charge on any atom is 0.338 e. The number of aromatic nitrogens is 3. The van der Waals surface area contributed by atoms with Gasteiger partial charge in [0.1, 0.15) is 0 Å². The zero-order valence-electron chi connectivity index (χ0n) is 15.9. The Balaban J connectivity index is 2.10. The maximum atomic E-state index is 12.4. The van der Waals surface area contributed by atoms with Crippen molar-refractivity contribution in [1.82, 2.24) is 15.0 Å². The summed E-state index contributed by atoms with van der Waals surface area (Å²) in [7, 11) is 0. The fourth-order valence-corrected chi connectivity index (χ4v) is 2.80. The number of carbonyl (C=O) groups excluding carboxylic acids is 2. The Morgan fingerprint density at radius 1 is 0.828 bits per heavy atom. The number of rotatable bonds is 6. The molecule has 3 rings (SSSR count). The third kappa shape index (κ3) is 5.03. The molecule has 3 heterocycles. The average Bonchev–Trinajstić information content (AvgIpc) is 2.74. The molecule has 0 radical (unpaired) electrons. The minimum Gasteiger partial charge on any atom is -0.462 e. The van der Waals surface area contributed by atoms with Gasteiger partial charge in [0.2, 0.25) is 0 Å². The average molecular weight is 456 g/mol. The molecule has 8 heteroatoms. The van der Waals surface area contributed by atoms with Crippen molar-refractivity contribution in [2.75, 3.05) is 13.2 Å². The number of hydrogen-bond donors (Lipinski definition) is 0. The van der Waals surface area contributed by atoms with E-state index in [1.807, 2.05) is 6.07 Å². The second-order valence-corrected chi connectivity index (χ2v) is 6.77. The summed E-state index contributed by atoms with van der Waals surface area (Å²) >= 11 is 3.35. The van der Waals surface area contributed by atoms with Crippen LogP contribution in [0.4, 0.5) is 0 Å². The third-order valence-electron chi connectivity index (χ3n) is 3.86. The molecule has 0 aromatic carbocycles. The molecule has 0 bridgehead atoms.